The molecule has 1 heterocycles. The summed E-state index contributed by atoms with van der Waals surface area (Å²) in [5, 5.41) is 1.39. The maximum atomic E-state index is 11.9. The first-order valence-electron chi connectivity index (χ1n) is 8.56. The number of hydrogen-bond acceptors (Lipinski definition) is 3. The van der Waals surface area contributed by atoms with Gasteiger partial charge in [-0.1, -0.05) is 55.3 Å². The lowest BCUT2D eigenvalue weighted by molar-refractivity contribution is 0.227. The number of ether oxygens (including phenoxy) is 1. The SMILES string of the molecule is CCCCc1cc(=O)oc2cc(O[C@H](C)c3ccccc3)c(Cl)cc12. The lowest BCUT2D eigenvalue weighted by Crippen LogP contribution is -2.04. The molecule has 2 aromatic carbocycles. The van der Waals surface area contributed by atoms with E-state index in [1.807, 2.05) is 43.3 Å². The molecule has 4 heteroatoms. The molecule has 0 spiro atoms. The molecule has 0 N–H and O–H groups in total. The summed E-state index contributed by atoms with van der Waals surface area (Å²) in [6.45, 7) is 4.08. The first-order valence-corrected chi connectivity index (χ1v) is 8.94. The number of hydrogen-bond donors (Lipinski definition) is 0. The molecule has 130 valence electrons. The molecule has 0 aliphatic heterocycles. The van der Waals surface area contributed by atoms with Gasteiger partial charge in [0.25, 0.3) is 0 Å². The second-order valence-electron chi connectivity index (χ2n) is 6.14. The summed E-state index contributed by atoms with van der Waals surface area (Å²) in [4.78, 5) is 11.9. The molecule has 0 saturated carbocycles. The highest BCUT2D eigenvalue weighted by Gasteiger charge is 2.14. The average Bonchev–Trinajstić information content (AvgIpc) is 2.61. The number of benzene rings is 2. The lowest BCUT2D eigenvalue weighted by Gasteiger charge is -2.17. The topological polar surface area (TPSA) is 39.4 Å². The minimum Gasteiger partial charge on any atom is -0.484 e. The second kappa shape index (κ2) is 7.75. The van der Waals surface area contributed by atoms with Crippen LogP contribution < -0.4 is 10.4 Å². The van der Waals surface area contributed by atoms with Gasteiger partial charge >= 0.3 is 5.63 Å². The Morgan fingerprint density at radius 1 is 1.16 bits per heavy atom. The van der Waals surface area contributed by atoms with Crippen molar-refractivity contribution in [1.82, 2.24) is 0 Å². The minimum absolute atomic E-state index is 0.161. The van der Waals surface area contributed by atoms with Crippen molar-refractivity contribution in [2.24, 2.45) is 0 Å². The van der Waals surface area contributed by atoms with Gasteiger partial charge in [0.1, 0.15) is 17.4 Å². The fourth-order valence-corrected chi connectivity index (χ4v) is 3.08. The summed E-state index contributed by atoms with van der Waals surface area (Å²) in [5.74, 6) is 0.515. The van der Waals surface area contributed by atoms with E-state index in [2.05, 4.69) is 6.92 Å². The zero-order chi connectivity index (χ0) is 17.8. The molecule has 0 fully saturated rings. The summed E-state index contributed by atoms with van der Waals surface area (Å²) in [5.41, 5.74) is 2.19. The highest BCUT2D eigenvalue weighted by atomic mass is 35.5. The van der Waals surface area contributed by atoms with Gasteiger partial charge in [0.15, 0.2) is 0 Å². The molecule has 0 aliphatic rings. The van der Waals surface area contributed by atoms with Crippen LogP contribution in [0.15, 0.2) is 57.7 Å². The molecule has 25 heavy (non-hydrogen) atoms. The molecule has 0 aliphatic carbocycles. The van der Waals surface area contributed by atoms with E-state index in [9.17, 15) is 4.79 Å². The van der Waals surface area contributed by atoms with Crippen LogP contribution in [-0.4, -0.2) is 0 Å². The first kappa shape index (κ1) is 17.6. The quantitative estimate of drug-likeness (QED) is 0.514. The first-order chi connectivity index (χ1) is 12.1. The molecular formula is C21H21ClO3. The summed E-state index contributed by atoms with van der Waals surface area (Å²) in [7, 11) is 0. The molecule has 1 aromatic heterocycles. The molecule has 3 nitrogen and oxygen atoms in total. The maximum Gasteiger partial charge on any atom is 0.336 e. The van der Waals surface area contributed by atoms with E-state index in [1.165, 1.54) is 0 Å². The van der Waals surface area contributed by atoms with Crippen LogP contribution in [0.2, 0.25) is 5.02 Å². The van der Waals surface area contributed by atoms with Gasteiger partial charge in [-0.2, -0.15) is 0 Å². The van der Waals surface area contributed by atoms with Gasteiger partial charge in [-0.25, -0.2) is 4.79 Å². The predicted molar refractivity (Wildman–Crippen MR) is 102 cm³/mol. The van der Waals surface area contributed by atoms with E-state index in [-0.39, 0.29) is 11.7 Å². The van der Waals surface area contributed by atoms with Crippen LogP contribution in [0, 0.1) is 0 Å². The zero-order valence-electron chi connectivity index (χ0n) is 14.4. The van der Waals surface area contributed by atoms with Gasteiger partial charge in [-0.3, -0.25) is 0 Å². The standard InChI is InChI=1S/C21H21ClO3/c1-3-4-8-16-11-21(23)25-19-13-20(18(22)12-17(16)19)24-14(2)15-9-6-5-7-10-15/h5-7,9-14H,3-4,8H2,1-2H3/t14-/m1/s1. The van der Waals surface area contributed by atoms with Crippen molar-refractivity contribution in [1.29, 1.82) is 0 Å². The molecule has 1 atom stereocenters. The molecular weight excluding hydrogens is 336 g/mol. The van der Waals surface area contributed by atoms with Gasteiger partial charge in [-0.15, -0.1) is 0 Å². The van der Waals surface area contributed by atoms with E-state index >= 15 is 0 Å². The predicted octanol–water partition coefficient (Wildman–Crippen LogP) is 5.93. The Morgan fingerprint density at radius 2 is 1.92 bits per heavy atom. The van der Waals surface area contributed by atoms with Gasteiger partial charge in [-0.05, 0) is 37.0 Å². The third-order valence-corrected chi connectivity index (χ3v) is 4.55. The van der Waals surface area contributed by atoms with Crippen molar-refractivity contribution in [2.75, 3.05) is 0 Å². The Kier molecular flexibility index (Phi) is 5.44. The van der Waals surface area contributed by atoms with Crippen molar-refractivity contribution in [3.05, 3.63) is 75.1 Å². The van der Waals surface area contributed by atoms with Crippen molar-refractivity contribution in [2.45, 2.75) is 39.2 Å². The van der Waals surface area contributed by atoms with Crippen LogP contribution in [0.5, 0.6) is 5.75 Å². The molecule has 0 amide bonds. The lowest BCUT2D eigenvalue weighted by atomic mass is 10.0. The Bertz CT molecular complexity index is 916. The normalized spacial score (nSPS) is 12.3. The number of halogens is 1. The third kappa shape index (κ3) is 4.05. The van der Waals surface area contributed by atoms with Crippen molar-refractivity contribution < 1.29 is 9.15 Å². The summed E-state index contributed by atoms with van der Waals surface area (Å²) in [6, 6.07) is 15.0. The van der Waals surface area contributed by atoms with Gasteiger partial charge < -0.3 is 9.15 Å². The molecule has 3 aromatic rings. The second-order valence-corrected chi connectivity index (χ2v) is 6.55. The van der Waals surface area contributed by atoms with E-state index < -0.39 is 0 Å². The van der Waals surface area contributed by atoms with Gasteiger partial charge in [0.05, 0.1) is 5.02 Å². The van der Waals surface area contributed by atoms with Crippen LogP contribution in [0.3, 0.4) is 0 Å². The molecule has 0 unspecified atom stereocenters. The number of fused-ring (bicyclic) bond motifs is 1. The summed E-state index contributed by atoms with van der Waals surface area (Å²) < 4.78 is 11.4. The molecule has 0 saturated heterocycles. The van der Waals surface area contributed by atoms with Crippen LogP contribution in [-0.2, 0) is 6.42 Å². The van der Waals surface area contributed by atoms with Crippen LogP contribution in [0.25, 0.3) is 11.0 Å². The van der Waals surface area contributed by atoms with E-state index in [0.29, 0.717) is 16.4 Å². The fourth-order valence-electron chi connectivity index (χ4n) is 2.87. The Hall–Kier alpha value is -2.26. The number of aryl methyl sites for hydroxylation is 1. The molecule has 0 bridgehead atoms. The Labute approximate surface area is 152 Å². The summed E-state index contributed by atoms with van der Waals surface area (Å²) in [6.07, 6.45) is 2.74. The van der Waals surface area contributed by atoms with E-state index in [0.717, 1.165) is 35.8 Å². The van der Waals surface area contributed by atoms with Gasteiger partial charge in [0, 0.05) is 17.5 Å². The highest BCUT2D eigenvalue weighted by Crippen LogP contribution is 2.34. The van der Waals surface area contributed by atoms with Crippen LogP contribution in [0.4, 0.5) is 0 Å². The van der Waals surface area contributed by atoms with Crippen LogP contribution in [0.1, 0.15) is 43.9 Å². The molecule has 3 rings (SSSR count). The smallest absolute Gasteiger partial charge is 0.336 e. The number of rotatable bonds is 6. The third-order valence-electron chi connectivity index (χ3n) is 4.26. The van der Waals surface area contributed by atoms with E-state index in [4.69, 9.17) is 20.8 Å². The fraction of sp³-hybridized carbons (Fsp3) is 0.286. The van der Waals surface area contributed by atoms with Crippen molar-refractivity contribution in [3.8, 4) is 5.75 Å². The van der Waals surface area contributed by atoms with Crippen LogP contribution >= 0.6 is 11.6 Å². The van der Waals surface area contributed by atoms with Crippen molar-refractivity contribution in [3.63, 3.8) is 0 Å². The average molecular weight is 357 g/mol. The summed E-state index contributed by atoms with van der Waals surface area (Å²) >= 11 is 6.44. The Morgan fingerprint density at radius 3 is 2.64 bits per heavy atom. The maximum absolute atomic E-state index is 11.9. The minimum atomic E-state index is -0.344. The largest absolute Gasteiger partial charge is 0.484 e. The zero-order valence-corrected chi connectivity index (χ0v) is 15.2. The number of unbranched alkanes of at least 4 members (excludes halogenated alkanes) is 1. The highest BCUT2D eigenvalue weighted by molar-refractivity contribution is 6.32. The van der Waals surface area contributed by atoms with Crippen molar-refractivity contribution >= 4 is 22.6 Å². The Balaban J connectivity index is 1.97. The van der Waals surface area contributed by atoms with Gasteiger partial charge in [0.2, 0.25) is 0 Å². The van der Waals surface area contributed by atoms with E-state index in [1.54, 1.807) is 12.1 Å². The monoisotopic (exact) mass is 356 g/mol. The molecule has 0 radical (unpaired) electrons.